The number of ketones is 1. The second kappa shape index (κ2) is 4.94. The first-order chi connectivity index (χ1) is 8.49. The number of carbonyl (C=O) groups is 1. The van der Waals surface area contributed by atoms with Crippen molar-refractivity contribution >= 4 is 28.8 Å². The largest absolute Gasteiger partial charge is 0.364 e. The SMILES string of the molecule is Cc1cc([N+](=O)[O-])c(Cl)cc1N1CCCC(=O)C1. The smallest absolute Gasteiger partial charge is 0.288 e. The van der Waals surface area contributed by atoms with Gasteiger partial charge in [0.25, 0.3) is 5.69 Å². The van der Waals surface area contributed by atoms with Crippen LogP contribution in [0, 0.1) is 17.0 Å². The normalized spacial score (nSPS) is 15.9. The molecule has 1 aromatic rings. The fraction of sp³-hybridized carbons (Fsp3) is 0.417. The van der Waals surface area contributed by atoms with E-state index in [0.717, 1.165) is 24.2 Å². The van der Waals surface area contributed by atoms with Gasteiger partial charge < -0.3 is 4.90 Å². The van der Waals surface area contributed by atoms with Crippen molar-refractivity contribution in [1.29, 1.82) is 0 Å². The van der Waals surface area contributed by atoms with Gasteiger partial charge in [-0.05, 0) is 25.0 Å². The summed E-state index contributed by atoms with van der Waals surface area (Å²) >= 11 is 5.90. The quantitative estimate of drug-likeness (QED) is 0.611. The number of anilines is 1. The van der Waals surface area contributed by atoms with Crippen molar-refractivity contribution in [3.63, 3.8) is 0 Å². The van der Waals surface area contributed by atoms with Gasteiger partial charge in [-0.2, -0.15) is 0 Å². The minimum Gasteiger partial charge on any atom is -0.364 e. The molecule has 2 rings (SSSR count). The summed E-state index contributed by atoms with van der Waals surface area (Å²) in [5.74, 6) is 0.190. The molecule has 0 unspecified atom stereocenters. The number of halogens is 1. The van der Waals surface area contributed by atoms with Gasteiger partial charge in [0, 0.05) is 24.7 Å². The van der Waals surface area contributed by atoms with Crippen molar-refractivity contribution in [2.45, 2.75) is 19.8 Å². The Morgan fingerprint density at radius 2 is 2.17 bits per heavy atom. The van der Waals surface area contributed by atoms with Crippen LogP contribution in [-0.2, 0) is 4.79 Å². The molecule has 0 N–H and O–H groups in total. The van der Waals surface area contributed by atoms with E-state index in [9.17, 15) is 14.9 Å². The molecule has 1 fully saturated rings. The summed E-state index contributed by atoms with van der Waals surface area (Å²) in [6.07, 6.45) is 1.42. The van der Waals surface area contributed by atoms with Crippen molar-refractivity contribution in [3.05, 3.63) is 32.8 Å². The molecule has 0 spiro atoms. The van der Waals surface area contributed by atoms with Gasteiger partial charge in [0.05, 0.1) is 11.5 Å². The van der Waals surface area contributed by atoms with E-state index in [2.05, 4.69) is 0 Å². The summed E-state index contributed by atoms with van der Waals surface area (Å²) < 4.78 is 0. The Morgan fingerprint density at radius 1 is 1.44 bits per heavy atom. The zero-order valence-electron chi connectivity index (χ0n) is 9.98. The monoisotopic (exact) mass is 268 g/mol. The van der Waals surface area contributed by atoms with Crippen LogP contribution >= 0.6 is 11.6 Å². The maximum Gasteiger partial charge on any atom is 0.288 e. The van der Waals surface area contributed by atoms with E-state index in [4.69, 9.17) is 11.6 Å². The number of Topliss-reactive ketones (excluding diaryl/α,β-unsaturated/α-hetero) is 1. The fourth-order valence-corrected chi connectivity index (χ4v) is 2.41. The van der Waals surface area contributed by atoms with E-state index in [1.165, 1.54) is 6.07 Å². The fourth-order valence-electron chi connectivity index (χ4n) is 2.18. The molecule has 0 aromatic heterocycles. The Bertz CT molecular complexity index is 516. The maximum absolute atomic E-state index is 11.4. The molecule has 1 heterocycles. The van der Waals surface area contributed by atoms with Gasteiger partial charge in [-0.25, -0.2) is 0 Å². The molecular formula is C12H13ClN2O3. The lowest BCUT2D eigenvalue weighted by molar-refractivity contribution is -0.384. The summed E-state index contributed by atoms with van der Waals surface area (Å²) in [5.41, 5.74) is 1.47. The van der Waals surface area contributed by atoms with Crippen LogP contribution in [0.2, 0.25) is 5.02 Å². The number of nitro groups is 1. The van der Waals surface area contributed by atoms with Crippen molar-refractivity contribution < 1.29 is 9.72 Å². The summed E-state index contributed by atoms with van der Waals surface area (Å²) in [6, 6.07) is 3.03. The molecule has 0 radical (unpaired) electrons. The number of nitro benzene ring substituents is 1. The van der Waals surface area contributed by atoms with E-state index >= 15 is 0 Å². The number of piperidine rings is 1. The minimum atomic E-state index is -0.500. The first kappa shape index (κ1) is 12.8. The molecule has 1 saturated heterocycles. The molecule has 96 valence electrons. The van der Waals surface area contributed by atoms with Gasteiger partial charge in [0.2, 0.25) is 0 Å². The number of hydrogen-bond acceptors (Lipinski definition) is 4. The van der Waals surface area contributed by atoms with E-state index < -0.39 is 4.92 Å². The molecule has 0 aliphatic carbocycles. The van der Waals surface area contributed by atoms with Crippen LogP contribution in [0.4, 0.5) is 11.4 Å². The Morgan fingerprint density at radius 3 is 2.78 bits per heavy atom. The third kappa shape index (κ3) is 2.46. The summed E-state index contributed by atoms with van der Waals surface area (Å²) in [4.78, 5) is 23.6. The average molecular weight is 269 g/mol. The highest BCUT2D eigenvalue weighted by Gasteiger charge is 2.22. The summed E-state index contributed by atoms with van der Waals surface area (Å²) in [5, 5.41) is 10.9. The first-order valence-electron chi connectivity index (χ1n) is 5.70. The van der Waals surface area contributed by atoms with E-state index in [1.807, 2.05) is 4.90 Å². The van der Waals surface area contributed by atoms with Gasteiger partial charge in [-0.15, -0.1) is 0 Å². The second-order valence-electron chi connectivity index (χ2n) is 4.41. The Kier molecular flexibility index (Phi) is 3.52. The van der Waals surface area contributed by atoms with Crippen LogP contribution < -0.4 is 4.90 Å². The molecule has 6 heteroatoms. The van der Waals surface area contributed by atoms with Crippen molar-refractivity contribution in [2.24, 2.45) is 0 Å². The molecule has 1 aliphatic rings. The molecule has 0 bridgehead atoms. The lowest BCUT2D eigenvalue weighted by Crippen LogP contribution is -2.35. The van der Waals surface area contributed by atoms with Gasteiger partial charge in [-0.1, -0.05) is 11.6 Å². The van der Waals surface area contributed by atoms with Crippen molar-refractivity contribution in [2.75, 3.05) is 18.0 Å². The number of aryl methyl sites for hydroxylation is 1. The van der Waals surface area contributed by atoms with E-state index in [0.29, 0.717) is 13.0 Å². The highest BCUT2D eigenvalue weighted by molar-refractivity contribution is 6.33. The van der Waals surface area contributed by atoms with Crippen LogP contribution in [-0.4, -0.2) is 23.8 Å². The zero-order valence-corrected chi connectivity index (χ0v) is 10.7. The van der Waals surface area contributed by atoms with Crippen LogP contribution in [0.5, 0.6) is 0 Å². The highest BCUT2D eigenvalue weighted by Crippen LogP contribution is 2.33. The lowest BCUT2D eigenvalue weighted by atomic mass is 10.1. The molecule has 0 amide bonds. The minimum absolute atomic E-state index is 0.0961. The van der Waals surface area contributed by atoms with E-state index in [1.54, 1.807) is 13.0 Å². The molecule has 5 nitrogen and oxygen atoms in total. The first-order valence-corrected chi connectivity index (χ1v) is 6.08. The predicted octanol–water partition coefficient (Wildman–Crippen LogP) is 2.73. The standard InChI is InChI=1S/C12H13ClN2O3/c1-8-5-12(15(17)18)10(13)6-11(8)14-4-2-3-9(16)7-14/h5-6H,2-4,7H2,1H3. The van der Waals surface area contributed by atoms with Crippen LogP contribution in [0.3, 0.4) is 0 Å². The second-order valence-corrected chi connectivity index (χ2v) is 4.82. The molecule has 0 saturated carbocycles. The summed E-state index contributed by atoms with van der Waals surface area (Å²) in [6.45, 7) is 2.92. The van der Waals surface area contributed by atoms with Crippen molar-refractivity contribution in [1.82, 2.24) is 0 Å². The number of benzene rings is 1. The van der Waals surface area contributed by atoms with Gasteiger partial charge >= 0.3 is 0 Å². The lowest BCUT2D eigenvalue weighted by Gasteiger charge is -2.29. The predicted molar refractivity (Wildman–Crippen MR) is 69.3 cm³/mol. The third-order valence-electron chi connectivity index (χ3n) is 3.05. The van der Waals surface area contributed by atoms with E-state index in [-0.39, 0.29) is 16.5 Å². The van der Waals surface area contributed by atoms with Crippen LogP contribution in [0.25, 0.3) is 0 Å². The molecule has 1 aromatic carbocycles. The Hall–Kier alpha value is -1.62. The Balaban J connectivity index is 2.36. The number of hydrogen-bond donors (Lipinski definition) is 0. The highest BCUT2D eigenvalue weighted by atomic mass is 35.5. The number of carbonyl (C=O) groups excluding carboxylic acids is 1. The molecule has 18 heavy (non-hydrogen) atoms. The third-order valence-corrected chi connectivity index (χ3v) is 3.36. The number of nitrogens with zero attached hydrogens (tertiary/aromatic N) is 2. The topological polar surface area (TPSA) is 63.5 Å². The van der Waals surface area contributed by atoms with Crippen LogP contribution in [0.1, 0.15) is 18.4 Å². The maximum atomic E-state index is 11.4. The van der Waals surface area contributed by atoms with Crippen LogP contribution in [0.15, 0.2) is 12.1 Å². The van der Waals surface area contributed by atoms with Gasteiger partial charge in [-0.3, -0.25) is 14.9 Å². The number of rotatable bonds is 2. The molecular weight excluding hydrogens is 256 g/mol. The Labute approximate surface area is 109 Å². The average Bonchev–Trinajstić information content (AvgIpc) is 2.31. The molecule has 1 aliphatic heterocycles. The van der Waals surface area contributed by atoms with Crippen molar-refractivity contribution in [3.8, 4) is 0 Å². The summed E-state index contributed by atoms with van der Waals surface area (Å²) in [7, 11) is 0. The zero-order chi connectivity index (χ0) is 13.3. The van der Waals surface area contributed by atoms with Gasteiger partial charge in [0.1, 0.15) is 5.02 Å². The van der Waals surface area contributed by atoms with Gasteiger partial charge in [0.15, 0.2) is 5.78 Å². The molecule has 0 atom stereocenters.